The maximum atomic E-state index is 11.3. The number of anilines is 6. The molecular weight excluding hydrogens is 832 g/mol. The van der Waals surface area contributed by atoms with Crippen molar-refractivity contribution in [1.82, 2.24) is 0 Å². The molecule has 0 aromatic heterocycles. The normalized spacial score (nSPS) is 25.8. The van der Waals surface area contributed by atoms with Crippen LogP contribution in [0.2, 0.25) is 0 Å². The lowest BCUT2D eigenvalue weighted by atomic mass is 9.33. The fraction of sp³-hybridized carbons (Fsp3) is 0.455. The van der Waals surface area contributed by atoms with Gasteiger partial charge in [0.15, 0.2) is 0 Å². The van der Waals surface area contributed by atoms with E-state index in [2.05, 4.69) is 0 Å². The standard InChI is InChI=1S/C66H79BN2/c1-61(2,3)45-18-16-44(17-19-45)52-33-47(63(7,8)9)22-27-55(52)69-57-29-24-49(65(13,14)15)35-54(57)67-53-34-48(64(10,11)12)23-28-56(53)68(51-25-20-46(21-26-51)62(4,5)6)58-36-50(37-59(69)60(58)67)66-38-41-30-42(39-66)32-43(31-41)40-66/h16-29,33-37,41-43H,30-32,38-40H2,1-15H3/i16D,17D,18D,19D,20D,21D,22D,23D,24D,25D,26D,27D,28D,29D,33D,34D,35D,36D,37D. The van der Waals surface area contributed by atoms with E-state index in [1.165, 1.54) is 9.80 Å². The molecule has 6 aromatic rings. The van der Waals surface area contributed by atoms with E-state index in [9.17, 15) is 26.0 Å². The molecule has 0 amide bonds. The number of hydrogen-bond acceptors (Lipinski definition) is 2. The van der Waals surface area contributed by atoms with Crippen LogP contribution < -0.4 is 26.2 Å². The van der Waals surface area contributed by atoms with Gasteiger partial charge in [-0.2, -0.15) is 0 Å². The zero-order valence-corrected chi connectivity index (χ0v) is 43.4. The number of fused-ring (bicyclic) bond motifs is 4. The maximum absolute atomic E-state index is 11.3. The Morgan fingerprint density at radius 3 is 1.25 bits per heavy atom. The third-order valence-electron chi connectivity index (χ3n) is 15.4. The summed E-state index contributed by atoms with van der Waals surface area (Å²) in [6.07, 6.45) is 4.48. The van der Waals surface area contributed by atoms with Crippen molar-refractivity contribution < 1.29 is 26.0 Å². The Labute approximate surface area is 444 Å². The molecule has 0 radical (unpaired) electrons. The first-order chi connectivity index (χ1) is 40.3. The van der Waals surface area contributed by atoms with Crippen molar-refractivity contribution in [1.29, 1.82) is 0 Å². The van der Waals surface area contributed by atoms with E-state index in [0.717, 1.165) is 19.3 Å². The second-order valence-electron chi connectivity index (χ2n) is 26.3. The summed E-state index contributed by atoms with van der Waals surface area (Å²) in [6, 6.07) is -8.51. The summed E-state index contributed by atoms with van der Waals surface area (Å²) < 4.78 is 195. The van der Waals surface area contributed by atoms with Crippen LogP contribution in [-0.2, 0) is 32.5 Å². The minimum atomic E-state index is -1.55. The predicted molar refractivity (Wildman–Crippen MR) is 299 cm³/mol. The van der Waals surface area contributed by atoms with Gasteiger partial charge in [-0.1, -0.05) is 170 Å². The highest BCUT2D eigenvalue weighted by Crippen LogP contribution is 2.62. The molecular formula is C66H79BN2. The van der Waals surface area contributed by atoms with Crippen molar-refractivity contribution in [2.45, 2.75) is 175 Å². The van der Waals surface area contributed by atoms with Gasteiger partial charge in [-0.25, -0.2) is 0 Å². The van der Waals surface area contributed by atoms with E-state index < -0.39 is 141 Å². The molecule has 2 aliphatic heterocycles. The molecule has 4 bridgehead atoms. The smallest absolute Gasteiger partial charge is 0.252 e. The average molecular weight is 930 g/mol. The highest BCUT2D eigenvalue weighted by molar-refractivity contribution is 7.00. The van der Waals surface area contributed by atoms with Crippen LogP contribution in [0.1, 0.15) is 202 Å². The summed E-state index contributed by atoms with van der Waals surface area (Å²) >= 11 is 0. The molecule has 4 saturated carbocycles. The molecule has 6 aromatic carbocycles. The molecule has 4 aliphatic carbocycles. The van der Waals surface area contributed by atoms with Gasteiger partial charge in [0.2, 0.25) is 0 Å². The lowest BCUT2D eigenvalue weighted by Crippen LogP contribution is -2.62. The number of benzene rings is 6. The van der Waals surface area contributed by atoms with E-state index in [1.54, 1.807) is 104 Å². The quantitative estimate of drug-likeness (QED) is 0.162. The van der Waals surface area contributed by atoms with Crippen molar-refractivity contribution in [3.63, 3.8) is 0 Å². The molecule has 0 atom stereocenters. The van der Waals surface area contributed by atoms with Crippen LogP contribution >= 0.6 is 0 Å². The largest absolute Gasteiger partial charge is 0.311 e. The Morgan fingerprint density at radius 1 is 0.420 bits per heavy atom. The zero-order chi connectivity index (χ0) is 65.5. The number of nitrogens with zero attached hydrogens (tertiary/aromatic N) is 2. The van der Waals surface area contributed by atoms with Crippen LogP contribution in [0, 0.1) is 17.8 Å². The van der Waals surface area contributed by atoms with Crippen LogP contribution in [0.5, 0.6) is 0 Å². The number of hydrogen-bond donors (Lipinski definition) is 0. The first-order valence-corrected chi connectivity index (χ1v) is 25.2. The molecule has 0 spiro atoms. The summed E-state index contributed by atoms with van der Waals surface area (Å²) in [5, 5.41) is 0. The van der Waals surface area contributed by atoms with Crippen LogP contribution in [0.15, 0.2) is 115 Å². The molecule has 2 heterocycles. The van der Waals surface area contributed by atoms with Gasteiger partial charge >= 0.3 is 0 Å². The number of rotatable bonds is 4. The van der Waals surface area contributed by atoms with Gasteiger partial charge in [-0.15, -0.1) is 0 Å². The molecule has 0 saturated heterocycles. The van der Waals surface area contributed by atoms with E-state index >= 15 is 0 Å². The van der Waals surface area contributed by atoms with Crippen LogP contribution in [-0.4, -0.2) is 6.71 Å². The molecule has 356 valence electrons. The lowest BCUT2D eigenvalue weighted by Gasteiger charge is -2.57. The first kappa shape index (κ1) is 29.4. The Balaban J connectivity index is 1.49. The van der Waals surface area contributed by atoms with Crippen molar-refractivity contribution in [2.75, 3.05) is 9.80 Å². The van der Waals surface area contributed by atoms with Crippen LogP contribution in [0.3, 0.4) is 0 Å². The third-order valence-corrected chi connectivity index (χ3v) is 15.4. The van der Waals surface area contributed by atoms with Crippen molar-refractivity contribution in [3.05, 3.63) is 148 Å². The molecule has 0 unspecified atom stereocenters. The Bertz CT molecular complexity index is 4020. The summed E-state index contributed by atoms with van der Waals surface area (Å²) in [6.45, 7) is 25.0. The molecule has 4 fully saturated rings. The van der Waals surface area contributed by atoms with Gasteiger partial charge in [0, 0.05) is 34.0 Å². The molecule has 3 heteroatoms. The van der Waals surface area contributed by atoms with Crippen LogP contribution in [0.4, 0.5) is 34.1 Å². The van der Waals surface area contributed by atoms with E-state index in [1.807, 2.05) is 0 Å². The molecule has 12 rings (SSSR count). The van der Waals surface area contributed by atoms with E-state index in [0.29, 0.717) is 19.3 Å². The van der Waals surface area contributed by atoms with Gasteiger partial charge in [-0.05, 0) is 192 Å². The monoisotopic (exact) mass is 930 g/mol. The summed E-state index contributed by atoms with van der Waals surface area (Å²) in [4.78, 5) is 2.62. The third kappa shape index (κ3) is 7.83. The predicted octanol–water partition coefficient (Wildman–Crippen LogP) is 16.4. The Morgan fingerprint density at radius 2 is 0.797 bits per heavy atom. The summed E-state index contributed by atoms with van der Waals surface area (Å²) in [7, 11) is 0. The average Bonchev–Trinajstić information content (AvgIpc) is 0.669. The van der Waals surface area contributed by atoms with Gasteiger partial charge in [0.1, 0.15) is 0 Å². The lowest BCUT2D eigenvalue weighted by molar-refractivity contribution is -0.00514. The summed E-state index contributed by atoms with van der Waals surface area (Å²) in [5.74, 6) is 0.606. The van der Waals surface area contributed by atoms with Gasteiger partial charge in [0.05, 0.1) is 31.7 Å². The van der Waals surface area contributed by atoms with Crippen molar-refractivity contribution in [3.8, 4) is 11.1 Å². The highest BCUT2D eigenvalue weighted by atomic mass is 15.2. The van der Waals surface area contributed by atoms with E-state index in [-0.39, 0.29) is 126 Å². The second-order valence-corrected chi connectivity index (χ2v) is 26.3. The second kappa shape index (κ2) is 15.5. The van der Waals surface area contributed by atoms with Gasteiger partial charge in [-0.3, -0.25) is 0 Å². The molecule has 69 heavy (non-hydrogen) atoms. The molecule has 2 nitrogen and oxygen atoms in total. The minimum absolute atomic E-state index is 0.00780. The summed E-state index contributed by atoms with van der Waals surface area (Å²) in [5.41, 5.74) is -8.13. The Kier molecular flexibility index (Phi) is 6.59. The first-order valence-electron chi connectivity index (χ1n) is 34.7. The fourth-order valence-electron chi connectivity index (χ4n) is 12.0. The van der Waals surface area contributed by atoms with Gasteiger partial charge in [0.25, 0.3) is 6.71 Å². The maximum Gasteiger partial charge on any atom is 0.252 e. The topological polar surface area (TPSA) is 6.48 Å². The van der Waals surface area contributed by atoms with Gasteiger partial charge < -0.3 is 9.80 Å². The SMILES string of the molecule is [2H]c1c([2H])c(C(C)(C)C)c([2H])c([2H])c1-c1c([2H])c(C(C)(C)C)c([2H])c([2H])c1N1c2c([2H])c([2H])c(C(C)(C)C)c([2H])c2B2c3c([2H])c(C(C)(C)C)c([2H])c([2H])c3N(c3c([2H])c([2H])c(C(C)(C)C)c([2H])c3[2H])c3c([2H])c(C45CC6CC(CC(C6)C4)C5)c([2H])c1c32. The van der Waals surface area contributed by atoms with Crippen molar-refractivity contribution >= 4 is 57.2 Å². The Hall–Kier alpha value is -5.02. The molecule has 6 aliphatic rings. The van der Waals surface area contributed by atoms with E-state index in [4.69, 9.17) is 0 Å². The van der Waals surface area contributed by atoms with Crippen molar-refractivity contribution in [2.24, 2.45) is 17.8 Å². The highest BCUT2D eigenvalue weighted by Gasteiger charge is 2.53. The van der Waals surface area contributed by atoms with Crippen LogP contribution in [0.25, 0.3) is 11.1 Å². The zero-order valence-electron chi connectivity index (χ0n) is 62.4. The fourth-order valence-corrected chi connectivity index (χ4v) is 12.0. The minimum Gasteiger partial charge on any atom is -0.311 e. The molecule has 0 N–H and O–H groups in total.